The predicted octanol–water partition coefficient (Wildman–Crippen LogP) is 4.04. The Morgan fingerprint density at radius 2 is 2.00 bits per heavy atom. The molecule has 2 heterocycles. The highest BCUT2D eigenvalue weighted by molar-refractivity contribution is 9.10. The Kier molecular flexibility index (Phi) is 4.44. The summed E-state index contributed by atoms with van der Waals surface area (Å²) >= 11 is 3.23. The molecule has 122 valence electrons. The number of aryl methyl sites for hydroxylation is 2. The van der Waals surface area contributed by atoms with Gasteiger partial charge in [0.05, 0.1) is 23.1 Å². The topological polar surface area (TPSA) is 59.8 Å². The predicted molar refractivity (Wildman–Crippen MR) is 92.9 cm³/mol. The normalized spacial score (nSPS) is 10.7. The van der Waals surface area contributed by atoms with Gasteiger partial charge in [0.15, 0.2) is 5.82 Å². The van der Waals surface area contributed by atoms with Crippen molar-refractivity contribution >= 4 is 27.5 Å². The van der Waals surface area contributed by atoms with Gasteiger partial charge in [-0.1, -0.05) is 15.9 Å². The average Bonchev–Trinajstić information content (AvgIpc) is 2.89. The van der Waals surface area contributed by atoms with E-state index in [0.717, 1.165) is 11.4 Å². The lowest BCUT2D eigenvalue weighted by Crippen LogP contribution is -2.14. The van der Waals surface area contributed by atoms with Crippen LogP contribution in [0, 0.1) is 19.7 Å². The number of aromatic nitrogens is 3. The molecule has 7 heteroatoms. The molecule has 0 fully saturated rings. The molecule has 3 aromatic rings. The first-order chi connectivity index (χ1) is 11.4. The maximum atomic E-state index is 13.7. The highest BCUT2D eigenvalue weighted by Gasteiger charge is 2.13. The lowest BCUT2D eigenvalue weighted by atomic mass is 10.2. The van der Waals surface area contributed by atoms with Crippen LogP contribution in [0.4, 0.5) is 10.1 Å². The van der Waals surface area contributed by atoms with Crippen molar-refractivity contribution in [3.8, 4) is 5.82 Å². The van der Waals surface area contributed by atoms with Gasteiger partial charge in [-0.15, -0.1) is 0 Å². The summed E-state index contributed by atoms with van der Waals surface area (Å²) in [5, 5.41) is 6.98. The van der Waals surface area contributed by atoms with Crippen molar-refractivity contribution in [3.63, 3.8) is 0 Å². The van der Waals surface area contributed by atoms with Gasteiger partial charge in [-0.2, -0.15) is 5.10 Å². The highest BCUT2D eigenvalue weighted by Crippen LogP contribution is 2.18. The largest absolute Gasteiger partial charge is 0.320 e. The molecular formula is C17H14BrFN4O. The van der Waals surface area contributed by atoms with Crippen molar-refractivity contribution in [1.29, 1.82) is 0 Å². The average molecular weight is 389 g/mol. The van der Waals surface area contributed by atoms with E-state index in [0.29, 0.717) is 16.0 Å². The molecule has 0 aliphatic carbocycles. The van der Waals surface area contributed by atoms with Gasteiger partial charge in [-0.05, 0) is 50.2 Å². The summed E-state index contributed by atoms with van der Waals surface area (Å²) in [6.07, 6.45) is 1.51. The van der Waals surface area contributed by atoms with E-state index >= 15 is 0 Å². The second kappa shape index (κ2) is 6.52. The summed E-state index contributed by atoms with van der Waals surface area (Å²) < 4.78 is 16.1. The Balaban J connectivity index is 1.80. The van der Waals surface area contributed by atoms with E-state index < -0.39 is 11.7 Å². The molecule has 0 unspecified atom stereocenters. The van der Waals surface area contributed by atoms with E-state index in [4.69, 9.17) is 0 Å². The van der Waals surface area contributed by atoms with Crippen molar-refractivity contribution in [2.24, 2.45) is 0 Å². The number of carbonyl (C=O) groups excluding carboxylic acids is 1. The maximum absolute atomic E-state index is 13.7. The van der Waals surface area contributed by atoms with E-state index in [2.05, 4.69) is 31.3 Å². The number of hydrogen-bond donors (Lipinski definition) is 1. The van der Waals surface area contributed by atoms with Gasteiger partial charge >= 0.3 is 0 Å². The Bertz CT molecular complexity index is 905. The van der Waals surface area contributed by atoms with Gasteiger partial charge in [0.25, 0.3) is 5.91 Å². The monoisotopic (exact) mass is 388 g/mol. The second-order valence-corrected chi connectivity index (χ2v) is 6.24. The summed E-state index contributed by atoms with van der Waals surface area (Å²) in [5.74, 6) is -0.468. The molecule has 1 aromatic carbocycles. The van der Waals surface area contributed by atoms with Crippen molar-refractivity contribution < 1.29 is 9.18 Å². The number of amides is 1. The molecule has 0 aliphatic heterocycles. The molecule has 1 N–H and O–H groups in total. The van der Waals surface area contributed by atoms with Crippen LogP contribution >= 0.6 is 15.9 Å². The molecule has 24 heavy (non-hydrogen) atoms. The SMILES string of the molecule is Cc1cc(C)n(-c2ccc(NC(=O)c3cc(Br)ccc3F)cn2)n1. The molecule has 0 radical (unpaired) electrons. The lowest BCUT2D eigenvalue weighted by molar-refractivity contribution is 0.102. The molecule has 0 saturated heterocycles. The standard InChI is InChI=1S/C17H14BrFN4O/c1-10-7-11(2)23(22-10)16-6-4-13(9-20-16)21-17(24)14-8-12(18)3-5-15(14)19/h3-9H,1-2H3,(H,21,24). The van der Waals surface area contributed by atoms with Crippen molar-refractivity contribution in [2.45, 2.75) is 13.8 Å². The molecular weight excluding hydrogens is 375 g/mol. The lowest BCUT2D eigenvalue weighted by Gasteiger charge is -2.08. The van der Waals surface area contributed by atoms with Crippen LogP contribution in [0.2, 0.25) is 0 Å². The first-order valence-electron chi connectivity index (χ1n) is 7.20. The van der Waals surface area contributed by atoms with Gasteiger partial charge in [0.2, 0.25) is 0 Å². The van der Waals surface area contributed by atoms with E-state index in [9.17, 15) is 9.18 Å². The summed E-state index contributed by atoms with van der Waals surface area (Å²) in [6.45, 7) is 3.85. The number of anilines is 1. The fraction of sp³-hybridized carbons (Fsp3) is 0.118. The number of nitrogens with one attached hydrogen (secondary N) is 1. The van der Waals surface area contributed by atoms with E-state index in [-0.39, 0.29) is 5.56 Å². The Hall–Kier alpha value is -2.54. The van der Waals surface area contributed by atoms with Crippen LogP contribution in [0.1, 0.15) is 21.7 Å². The van der Waals surface area contributed by atoms with Crippen molar-refractivity contribution in [1.82, 2.24) is 14.8 Å². The van der Waals surface area contributed by atoms with Gasteiger partial charge < -0.3 is 5.32 Å². The van der Waals surface area contributed by atoms with Gasteiger partial charge in [0, 0.05) is 10.2 Å². The zero-order valence-corrected chi connectivity index (χ0v) is 14.6. The molecule has 0 atom stereocenters. The molecule has 1 amide bonds. The first kappa shape index (κ1) is 16.3. The summed E-state index contributed by atoms with van der Waals surface area (Å²) in [6, 6.07) is 9.61. The molecule has 3 rings (SSSR count). The van der Waals surface area contributed by atoms with Crippen LogP contribution in [0.25, 0.3) is 5.82 Å². The third kappa shape index (κ3) is 3.35. The molecule has 2 aromatic heterocycles. The van der Waals surface area contributed by atoms with Gasteiger partial charge in [0.1, 0.15) is 5.82 Å². The first-order valence-corrected chi connectivity index (χ1v) is 7.99. The van der Waals surface area contributed by atoms with Crippen LogP contribution in [-0.2, 0) is 0 Å². The molecule has 5 nitrogen and oxygen atoms in total. The third-order valence-corrected chi connectivity index (χ3v) is 3.90. The summed E-state index contributed by atoms with van der Waals surface area (Å²) in [7, 11) is 0. The van der Waals surface area contributed by atoms with Crippen LogP contribution in [-0.4, -0.2) is 20.7 Å². The maximum Gasteiger partial charge on any atom is 0.258 e. The van der Waals surface area contributed by atoms with Crippen molar-refractivity contribution in [3.05, 3.63) is 69.8 Å². The molecule has 0 aliphatic rings. The smallest absolute Gasteiger partial charge is 0.258 e. The molecule has 0 saturated carbocycles. The minimum atomic E-state index is -0.581. The van der Waals surface area contributed by atoms with Gasteiger partial charge in [-0.3, -0.25) is 4.79 Å². The summed E-state index contributed by atoms with van der Waals surface area (Å²) in [5.41, 5.74) is 2.31. The fourth-order valence-electron chi connectivity index (χ4n) is 2.32. The Morgan fingerprint density at radius 3 is 2.62 bits per heavy atom. The van der Waals surface area contributed by atoms with E-state index in [1.54, 1.807) is 16.8 Å². The molecule has 0 spiro atoms. The quantitative estimate of drug-likeness (QED) is 0.736. The number of benzene rings is 1. The number of carbonyl (C=O) groups is 1. The summed E-state index contributed by atoms with van der Waals surface area (Å²) in [4.78, 5) is 16.5. The Morgan fingerprint density at radius 1 is 1.21 bits per heavy atom. The van der Waals surface area contributed by atoms with Crippen LogP contribution < -0.4 is 5.32 Å². The van der Waals surface area contributed by atoms with Gasteiger partial charge in [-0.25, -0.2) is 14.1 Å². The van der Waals surface area contributed by atoms with E-state index in [1.807, 2.05) is 19.9 Å². The van der Waals surface area contributed by atoms with E-state index in [1.165, 1.54) is 24.4 Å². The number of halogens is 2. The van der Waals surface area contributed by atoms with Crippen LogP contribution in [0.5, 0.6) is 0 Å². The third-order valence-electron chi connectivity index (χ3n) is 3.41. The second-order valence-electron chi connectivity index (χ2n) is 5.32. The minimum absolute atomic E-state index is 0.0352. The highest BCUT2D eigenvalue weighted by atomic mass is 79.9. The Labute approximate surface area is 146 Å². The van der Waals surface area contributed by atoms with Crippen LogP contribution in [0.15, 0.2) is 47.1 Å². The minimum Gasteiger partial charge on any atom is -0.320 e. The van der Waals surface area contributed by atoms with Crippen LogP contribution in [0.3, 0.4) is 0 Å². The number of rotatable bonds is 3. The zero-order valence-electron chi connectivity index (χ0n) is 13.0. The zero-order chi connectivity index (χ0) is 17.3. The van der Waals surface area contributed by atoms with Crippen molar-refractivity contribution in [2.75, 3.05) is 5.32 Å². The number of pyridine rings is 1. The fourth-order valence-corrected chi connectivity index (χ4v) is 2.68. The number of hydrogen-bond acceptors (Lipinski definition) is 3. The molecule has 0 bridgehead atoms. The number of nitrogens with zero attached hydrogens (tertiary/aromatic N) is 3.